The quantitative estimate of drug-likeness (QED) is 0.907. The van der Waals surface area contributed by atoms with E-state index in [-0.39, 0.29) is 11.8 Å². The monoisotopic (exact) mass is 354 g/mol. The highest BCUT2D eigenvalue weighted by molar-refractivity contribution is 5.34. The summed E-state index contributed by atoms with van der Waals surface area (Å²) in [5.74, 6) is 1.44. The van der Waals surface area contributed by atoms with Crippen LogP contribution in [-0.2, 0) is 0 Å². The molecule has 7 heteroatoms. The third-order valence-electron chi connectivity index (χ3n) is 4.40. The van der Waals surface area contributed by atoms with Gasteiger partial charge in [0, 0.05) is 26.2 Å². The molecular weight excluding hydrogens is 333 g/mol. The first kappa shape index (κ1) is 17.8. The Kier molecular flexibility index (Phi) is 5.06. The molecule has 0 bridgehead atoms. The minimum absolute atomic E-state index is 0.130. The number of alkyl halides is 3. The van der Waals surface area contributed by atoms with Crippen molar-refractivity contribution in [2.45, 2.75) is 26.3 Å². The van der Waals surface area contributed by atoms with Crippen LogP contribution in [0.25, 0.3) is 0 Å². The number of aryl methyl sites for hydroxylation is 2. The molecule has 0 radical (unpaired) electrons. The molecule has 0 unspecified atom stereocenters. The van der Waals surface area contributed by atoms with Gasteiger partial charge in [-0.1, -0.05) is 12.1 Å². The SMILES string of the molecule is Cc1cc([C@@H](c2ccc(OC(F)(F)F)cc2)N2CCNCC2)oc1C. The van der Waals surface area contributed by atoms with E-state index in [4.69, 9.17) is 4.42 Å². The van der Waals surface area contributed by atoms with Gasteiger partial charge >= 0.3 is 6.36 Å². The smallest absolute Gasteiger partial charge is 0.464 e. The molecule has 4 nitrogen and oxygen atoms in total. The van der Waals surface area contributed by atoms with Crippen LogP contribution in [0.1, 0.15) is 28.7 Å². The maximum absolute atomic E-state index is 12.4. The van der Waals surface area contributed by atoms with Crippen LogP contribution in [0, 0.1) is 13.8 Å². The fourth-order valence-electron chi connectivity index (χ4n) is 3.08. The predicted octanol–water partition coefficient (Wildman–Crippen LogP) is 3.79. The topological polar surface area (TPSA) is 37.6 Å². The molecule has 1 saturated heterocycles. The van der Waals surface area contributed by atoms with Crippen LogP contribution in [0.15, 0.2) is 34.7 Å². The molecule has 1 fully saturated rings. The number of furan rings is 1. The zero-order valence-corrected chi connectivity index (χ0v) is 14.2. The van der Waals surface area contributed by atoms with E-state index in [1.807, 2.05) is 19.9 Å². The molecule has 1 aliphatic rings. The van der Waals surface area contributed by atoms with Crippen molar-refractivity contribution in [1.29, 1.82) is 0 Å². The number of hydrogen-bond donors (Lipinski definition) is 1. The largest absolute Gasteiger partial charge is 0.573 e. The van der Waals surface area contributed by atoms with Crippen molar-refractivity contribution in [1.82, 2.24) is 10.2 Å². The molecule has 3 rings (SSSR count). The highest BCUT2D eigenvalue weighted by Gasteiger charge is 2.31. The fourth-order valence-corrected chi connectivity index (χ4v) is 3.08. The number of hydrogen-bond acceptors (Lipinski definition) is 4. The van der Waals surface area contributed by atoms with Gasteiger partial charge in [0.2, 0.25) is 0 Å². The van der Waals surface area contributed by atoms with Gasteiger partial charge < -0.3 is 14.5 Å². The molecule has 1 N–H and O–H groups in total. The Morgan fingerprint density at radius 2 is 1.76 bits per heavy atom. The van der Waals surface area contributed by atoms with Gasteiger partial charge in [-0.3, -0.25) is 4.90 Å². The van der Waals surface area contributed by atoms with Crippen LogP contribution in [-0.4, -0.2) is 37.4 Å². The third kappa shape index (κ3) is 4.35. The molecule has 1 aromatic carbocycles. The van der Waals surface area contributed by atoms with Gasteiger partial charge in [-0.05, 0) is 43.2 Å². The van der Waals surface area contributed by atoms with Gasteiger partial charge in [0.15, 0.2) is 0 Å². The highest BCUT2D eigenvalue weighted by Crippen LogP contribution is 2.33. The number of nitrogens with zero attached hydrogens (tertiary/aromatic N) is 1. The Bertz CT molecular complexity index is 685. The maximum Gasteiger partial charge on any atom is 0.573 e. The van der Waals surface area contributed by atoms with Crippen molar-refractivity contribution >= 4 is 0 Å². The first-order valence-electron chi connectivity index (χ1n) is 8.21. The van der Waals surface area contributed by atoms with E-state index >= 15 is 0 Å². The van der Waals surface area contributed by atoms with E-state index in [1.54, 1.807) is 12.1 Å². The van der Waals surface area contributed by atoms with Crippen LogP contribution in [0.2, 0.25) is 0 Å². The summed E-state index contributed by atoms with van der Waals surface area (Å²) in [7, 11) is 0. The lowest BCUT2D eigenvalue weighted by Gasteiger charge is -2.34. The van der Waals surface area contributed by atoms with E-state index in [2.05, 4.69) is 15.0 Å². The van der Waals surface area contributed by atoms with Crippen LogP contribution in [0.4, 0.5) is 13.2 Å². The Labute approximate surface area is 144 Å². The van der Waals surface area contributed by atoms with E-state index in [9.17, 15) is 13.2 Å². The van der Waals surface area contributed by atoms with Crippen molar-refractivity contribution in [3.63, 3.8) is 0 Å². The van der Waals surface area contributed by atoms with E-state index in [0.29, 0.717) is 0 Å². The summed E-state index contributed by atoms with van der Waals surface area (Å²) in [5, 5.41) is 3.31. The first-order chi connectivity index (χ1) is 11.8. The lowest BCUT2D eigenvalue weighted by molar-refractivity contribution is -0.274. The standard InChI is InChI=1S/C18H21F3N2O2/c1-12-11-16(24-13(12)2)17(23-9-7-22-8-10-23)14-3-5-15(6-4-14)25-18(19,20)21/h3-6,11,17,22H,7-10H2,1-2H3/t17-/m1/s1. The van der Waals surface area contributed by atoms with Gasteiger partial charge in [0.25, 0.3) is 0 Å². The second kappa shape index (κ2) is 7.09. The molecule has 0 spiro atoms. The van der Waals surface area contributed by atoms with E-state index in [0.717, 1.165) is 48.8 Å². The number of piperazine rings is 1. The number of halogens is 3. The number of benzene rings is 1. The predicted molar refractivity (Wildman–Crippen MR) is 87.6 cm³/mol. The minimum atomic E-state index is -4.69. The van der Waals surface area contributed by atoms with Crippen LogP contribution in [0.3, 0.4) is 0 Å². The molecule has 1 atom stereocenters. The summed E-state index contributed by atoms with van der Waals surface area (Å²) >= 11 is 0. The second-order valence-electron chi connectivity index (χ2n) is 6.19. The molecular formula is C18H21F3N2O2. The van der Waals surface area contributed by atoms with Crippen molar-refractivity contribution < 1.29 is 22.3 Å². The second-order valence-corrected chi connectivity index (χ2v) is 6.19. The zero-order chi connectivity index (χ0) is 18.0. The van der Waals surface area contributed by atoms with Crippen LogP contribution >= 0.6 is 0 Å². The Morgan fingerprint density at radius 3 is 2.28 bits per heavy atom. The molecule has 25 heavy (non-hydrogen) atoms. The van der Waals surface area contributed by atoms with Gasteiger partial charge in [0.1, 0.15) is 17.3 Å². The number of ether oxygens (including phenoxy) is 1. The third-order valence-corrected chi connectivity index (χ3v) is 4.40. The summed E-state index contributed by atoms with van der Waals surface area (Å²) in [6, 6.07) is 7.90. The number of nitrogens with one attached hydrogen (secondary N) is 1. The maximum atomic E-state index is 12.4. The normalized spacial score (nSPS) is 17.5. The molecule has 1 aliphatic heterocycles. The zero-order valence-electron chi connectivity index (χ0n) is 14.2. The summed E-state index contributed by atoms with van der Waals surface area (Å²) in [6.07, 6.45) is -4.69. The van der Waals surface area contributed by atoms with E-state index in [1.165, 1.54) is 12.1 Å². The van der Waals surface area contributed by atoms with Gasteiger partial charge in [0.05, 0.1) is 6.04 Å². The Hall–Kier alpha value is -1.99. The summed E-state index contributed by atoms with van der Waals surface area (Å²) < 4.78 is 46.9. The molecule has 2 aromatic rings. The summed E-state index contributed by atoms with van der Waals surface area (Å²) in [6.45, 7) is 7.30. The lowest BCUT2D eigenvalue weighted by Crippen LogP contribution is -2.45. The van der Waals surface area contributed by atoms with Crippen molar-refractivity contribution in [2.75, 3.05) is 26.2 Å². The highest BCUT2D eigenvalue weighted by atomic mass is 19.4. The summed E-state index contributed by atoms with van der Waals surface area (Å²) in [5.41, 5.74) is 1.94. The molecule has 0 amide bonds. The molecule has 136 valence electrons. The fraction of sp³-hybridized carbons (Fsp3) is 0.444. The van der Waals surface area contributed by atoms with Crippen LogP contribution in [0.5, 0.6) is 5.75 Å². The van der Waals surface area contributed by atoms with Crippen molar-refractivity contribution in [3.05, 3.63) is 53.0 Å². The lowest BCUT2D eigenvalue weighted by atomic mass is 10.0. The summed E-state index contributed by atoms with van der Waals surface area (Å²) in [4.78, 5) is 2.27. The molecule has 0 saturated carbocycles. The molecule has 2 heterocycles. The van der Waals surface area contributed by atoms with Gasteiger partial charge in [-0.15, -0.1) is 13.2 Å². The molecule has 1 aromatic heterocycles. The van der Waals surface area contributed by atoms with Gasteiger partial charge in [-0.25, -0.2) is 0 Å². The molecule has 0 aliphatic carbocycles. The Morgan fingerprint density at radius 1 is 1.12 bits per heavy atom. The van der Waals surface area contributed by atoms with E-state index < -0.39 is 6.36 Å². The van der Waals surface area contributed by atoms with Crippen molar-refractivity contribution in [3.8, 4) is 5.75 Å². The average Bonchev–Trinajstić information content (AvgIpc) is 2.88. The van der Waals surface area contributed by atoms with Crippen LogP contribution < -0.4 is 10.1 Å². The first-order valence-corrected chi connectivity index (χ1v) is 8.21. The number of rotatable bonds is 4. The van der Waals surface area contributed by atoms with Crippen molar-refractivity contribution in [2.24, 2.45) is 0 Å². The average molecular weight is 354 g/mol. The minimum Gasteiger partial charge on any atom is -0.464 e. The van der Waals surface area contributed by atoms with Gasteiger partial charge in [-0.2, -0.15) is 0 Å². The Balaban J connectivity index is 1.91.